The second kappa shape index (κ2) is 7.12. The maximum Gasteiger partial charge on any atom is 0.312 e. The molecule has 1 aromatic rings. The Morgan fingerprint density at radius 1 is 1.63 bits per heavy atom. The number of aliphatic hydroxyl groups excluding tert-OH is 1. The van der Waals surface area contributed by atoms with Crippen LogP contribution in [-0.2, 0) is 0 Å². The summed E-state index contributed by atoms with van der Waals surface area (Å²) >= 11 is 3.18. The summed E-state index contributed by atoms with van der Waals surface area (Å²) in [6.45, 7) is 1.80. The summed E-state index contributed by atoms with van der Waals surface area (Å²) in [5.41, 5.74) is 0.202. The van der Waals surface area contributed by atoms with Gasteiger partial charge in [0.05, 0.1) is 17.6 Å². The number of hydrogen-bond acceptors (Lipinski definition) is 4. The van der Waals surface area contributed by atoms with E-state index < -0.39 is 11.0 Å². The average Bonchev–Trinajstić information content (AvgIpc) is 2.34. The zero-order valence-corrected chi connectivity index (χ0v) is 12.0. The fraction of sp³-hybridized carbons (Fsp3) is 0.385. The standard InChI is InChI=1S/C13H14BrNO4/c1-3-4-5-6-19-13-11(9(2)16)7-10(14)8-12(13)15(17)18/h1,7-9,16H,4-6H2,2H3. The van der Waals surface area contributed by atoms with Crippen LogP contribution in [0.25, 0.3) is 0 Å². The molecule has 0 aliphatic carbocycles. The molecule has 1 atom stereocenters. The van der Waals surface area contributed by atoms with Gasteiger partial charge in [0.15, 0.2) is 0 Å². The van der Waals surface area contributed by atoms with E-state index in [4.69, 9.17) is 11.2 Å². The average molecular weight is 328 g/mol. The predicted octanol–water partition coefficient (Wildman–Crippen LogP) is 3.20. The van der Waals surface area contributed by atoms with Gasteiger partial charge in [-0.1, -0.05) is 15.9 Å². The molecule has 19 heavy (non-hydrogen) atoms. The molecule has 1 rings (SSSR count). The van der Waals surface area contributed by atoms with Crippen LogP contribution in [0.15, 0.2) is 16.6 Å². The summed E-state index contributed by atoms with van der Waals surface area (Å²) in [7, 11) is 0. The van der Waals surface area contributed by atoms with Gasteiger partial charge in [0.25, 0.3) is 0 Å². The number of benzene rings is 1. The van der Waals surface area contributed by atoms with E-state index in [-0.39, 0.29) is 18.0 Å². The first kappa shape index (κ1) is 15.5. The maximum atomic E-state index is 11.0. The molecule has 0 radical (unpaired) electrons. The Morgan fingerprint density at radius 3 is 2.84 bits per heavy atom. The summed E-state index contributed by atoms with van der Waals surface area (Å²) in [5.74, 6) is 2.56. The maximum absolute atomic E-state index is 11.0. The monoisotopic (exact) mass is 327 g/mol. The smallest absolute Gasteiger partial charge is 0.312 e. The van der Waals surface area contributed by atoms with Crippen LogP contribution < -0.4 is 4.74 Å². The van der Waals surface area contributed by atoms with Gasteiger partial charge in [-0.25, -0.2) is 0 Å². The quantitative estimate of drug-likeness (QED) is 0.377. The first-order chi connectivity index (χ1) is 8.97. The first-order valence-electron chi connectivity index (χ1n) is 5.69. The highest BCUT2D eigenvalue weighted by molar-refractivity contribution is 9.10. The van der Waals surface area contributed by atoms with Gasteiger partial charge in [-0.05, 0) is 19.4 Å². The molecule has 0 bridgehead atoms. The minimum atomic E-state index is -0.862. The molecule has 0 fully saturated rings. The van der Waals surface area contributed by atoms with E-state index in [0.717, 1.165) is 0 Å². The minimum Gasteiger partial charge on any atom is -0.487 e. The van der Waals surface area contributed by atoms with Gasteiger partial charge < -0.3 is 9.84 Å². The van der Waals surface area contributed by atoms with Crippen LogP contribution in [0.1, 0.15) is 31.4 Å². The topological polar surface area (TPSA) is 72.6 Å². The molecule has 1 N–H and O–H groups in total. The van der Waals surface area contributed by atoms with Crippen molar-refractivity contribution in [1.29, 1.82) is 0 Å². The van der Waals surface area contributed by atoms with Crippen molar-refractivity contribution in [3.63, 3.8) is 0 Å². The van der Waals surface area contributed by atoms with Gasteiger partial charge in [-0.3, -0.25) is 10.1 Å². The summed E-state index contributed by atoms with van der Waals surface area (Å²) in [5, 5.41) is 20.7. The molecule has 0 aromatic heterocycles. The van der Waals surface area contributed by atoms with E-state index in [9.17, 15) is 15.2 Å². The van der Waals surface area contributed by atoms with Crippen molar-refractivity contribution in [2.45, 2.75) is 25.9 Å². The molecule has 0 saturated carbocycles. The number of aliphatic hydroxyl groups is 1. The lowest BCUT2D eigenvalue weighted by Gasteiger charge is -2.14. The van der Waals surface area contributed by atoms with E-state index >= 15 is 0 Å². The summed E-state index contributed by atoms with van der Waals surface area (Å²) in [6.07, 6.45) is 5.40. The lowest BCUT2D eigenvalue weighted by atomic mass is 10.1. The minimum absolute atomic E-state index is 0.0974. The molecule has 102 valence electrons. The normalized spacial score (nSPS) is 11.7. The third-order valence-corrected chi connectivity index (χ3v) is 2.88. The van der Waals surface area contributed by atoms with Crippen LogP contribution in [0.3, 0.4) is 0 Å². The zero-order chi connectivity index (χ0) is 14.4. The summed E-state index contributed by atoms with van der Waals surface area (Å²) in [4.78, 5) is 10.5. The second-order valence-electron chi connectivity index (χ2n) is 3.93. The lowest BCUT2D eigenvalue weighted by Crippen LogP contribution is -2.05. The van der Waals surface area contributed by atoms with Gasteiger partial charge >= 0.3 is 5.69 Å². The third-order valence-electron chi connectivity index (χ3n) is 2.42. The molecular formula is C13H14BrNO4. The van der Waals surface area contributed by atoms with Crippen LogP contribution >= 0.6 is 15.9 Å². The van der Waals surface area contributed by atoms with Gasteiger partial charge in [0.1, 0.15) is 0 Å². The summed E-state index contributed by atoms with van der Waals surface area (Å²) < 4.78 is 5.95. The first-order valence-corrected chi connectivity index (χ1v) is 6.48. The third kappa shape index (κ3) is 4.23. The van der Waals surface area contributed by atoms with Crippen molar-refractivity contribution in [3.05, 3.63) is 32.3 Å². The molecule has 5 nitrogen and oxygen atoms in total. The van der Waals surface area contributed by atoms with Crippen LogP contribution in [0.2, 0.25) is 0 Å². The molecule has 0 saturated heterocycles. The molecule has 0 aliphatic rings. The van der Waals surface area contributed by atoms with E-state index in [1.165, 1.54) is 13.0 Å². The molecular weight excluding hydrogens is 314 g/mol. The Morgan fingerprint density at radius 2 is 2.32 bits per heavy atom. The Labute approximate surface area is 119 Å². The lowest BCUT2D eigenvalue weighted by molar-refractivity contribution is -0.386. The number of unbranched alkanes of at least 4 members (excludes halogenated alkanes) is 1. The van der Waals surface area contributed by atoms with Gasteiger partial charge in [0.2, 0.25) is 5.75 Å². The Balaban J connectivity index is 3.09. The van der Waals surface area contributed by atoms with Crippen molar-refractivity contribution in [3.8, 4) is 18.1 Å². The highest BCUT2D eigenvalue weighted by Crippen LogP contribution is 2.37. The van der Waals surface area contributed by atoms with E-state index in [1.54, 1.807) is 6.07 Å². The number of halogens is 1. The van der Waals surface area contributed by atoms with Crippen molar-refractivity contribution >= 4 is 21.6 Å². The molecule has 1 aromatic carbocycles. The van der Waals surface area contributed by atoms with Crippen molar-refractivity contribution in [1.82, 2.24) is 0 Å². The molecule has 0 spiro atoms. The van der Waals surface area contributed by atoms with Crippen LogP contribution in [0.5, 0.6) is 5.75 Å². The van der Waals surface area contributed by atoms with Gasteiger partial charge in [0, 0.05) is 22.5 Å². The largest absolute Gasteiger partial charge is 0.487 e. The second-order valence-corrected chi connectivity index (χ2v) is 4.85. The van der Waals surface area contributed by atoms with E-state index in [2.05, 4.69) is 21.9 Å². The number of rotatable bonds is 6. The van der Waals surface area contributed by atoms with Gasteiger partial charge in [-0.2, -0.15) is 0 Å². The van der Waals surface area contributed by atoms with Crippen molar-refractivity contribution in [2.75, 3.05) is 6.61 Å². The van der Waals surface area contributed by atoms with Gasteiger partial charge in [-0.15, -0.1) is 12.3 Å². The Kier molecular flexibility index (Phi) is 5.80. The number of nitro benzene ring substituents is 1. The zero-order valence-electron chi connectivity index (χ0n) is 10.4. The Bertz CT molecular complexity index is 508. The molecule has 0 heterocycles. The van der Waals surface area contributed by atoms with Crippen LogP contribution in [-0.4, -0.2) is 16.6 Å². The number of hydrogen-bond donors (Lipinski definition) is 1. The predicted molar refractivity (Wildman–Crippen MR) is 75.0 cm³/mol. The molecule has 0 aliphatic heterocycles. The SMILES string of the molecule is C#CCCCOc1c(C(C)O)cc(Br)cc1[N+](=O)[O-]. The van der Waals surface area contributed by atoms with Crippen LogP contribution in [0, 0.1) is 22.5 Å². The number of terminal acetylenes is 1. The van der Waals surface area contributed by atoms with Crippen LogP contribution in [0.4, 0.5) is 5.69 Å². The highest BCUT2D eigenvalue weighted by atomic mass is 79.9. The van der Waals surface area contributed by atoms with Crippen molar-refractivity contribution in [2.24, 2.45) is 0 Å². The molecule has 6 heteroatoms. The van der Waals surface area contributed by atoms with Crippen molar-refractivity contribution < 1.29 is 14.8 Å². The number of nitro groups is 1. The van der Waals surface area contributed by atoms with E-state index in [1.807, 2.05) is 0 Å². The molecule has 0 amide bonds. The van der Waals surface area contributed by atoms with E-state index in [0.29, 0.717) is 22.9 Å². The summed E-state index contributed by atoms with van der Waals surface area (Å²) in [6, 6.07) is 2.95. The molecule has 1 unspecified atom stereocenters. The fourth-order valence-electron chi connectivity index (χ4n) is 1.55. The Hall–Kier alpha value is -1.58. The number of ether oxygens (including phenoxy) is 1. The fourth-order valence-corrected chi connectivity index (χ4v) is 2.01. The number of nitrogens with zero attached hydrogens (tertiary/aromatic N) is 1. The highest BCUT2D eigenvalue weighted by Gasteiger charge is 2.23.